The van der Waals surface area contributed by atoms with Gasteiger partial charge in [0.15, 0.2) is 17.3 Å². The van der Waals surface area contributed by atoms with E-state index in [0.717, 1.165) is 5.56 Å². The van der Waals surface area contributed by atoms with Crippen LogP contribution in [0.3, 0.4) is 0 Å². The normalized spacial score (nSPS) is 17.3. The summed E-state index contributed by atoms with van der Waals surface area (Å²) in [6.45, 7) is 1.89. The Morgan fingerprint density at radius 3 is 2.54 bits per heavy atom. The SMILES string of the molecule is COc1cc(C2C(=C(O)c3c(C)nc4ccccn34)C(=O)C(=O)N2Cc2ccccc2)ccc1O. The Balaban J connectivity index is 1.74. The molecule has 2 N–H and O–H groups in total. The molecule has 1 atom stereocenters. The van der Waals surface area contributed by atoms with Crippen LogP contribution in [0.25, 0.3) is 11.4 Å². The third-order valence-electron chi connectivity index (χ3n) is 6.18. The van der Waals surface area contributed by atoms with Crippen molar-refractivity contribution in [1.29, 1.82) is 0 Å². The lowest BCUT2D eigenvalue weighted by Crippen LogP contribution is -2.29. The monoisotopic (exact) mass is 469 g/mol. The number of aliphatic hydroxyl groups excluding tert-OH is 1. The van der Waals surface area contributed by atoms with Crippen molar-refractivity contribution in [2.75, 3.05) is 7.11 Å². The molecule has 3 heterocycles. The predicted molar refractivity (Wildman–Crippen MR) is 129 cm³/mol. The van der Waals surface area contributed by atoms with E-state index in [1.165, 1.54) is 18.1 Å². The van der Waals surface area contributed by atoms with E-state index in [4.69, 9.17) is 4.74 Å². The summed E-state index contributed by atoms with van der Waals surface area (Å²) in [5.74, 6) is -1.71. The van der Waals surface area contributed by atoms with Crippen molar-refractivity contribution in [3.05, 3.63) is 101 Å². The number of pyridine rings is 1. The van der Waals surface area contributed by atoms with Gasteiger partial charge in [-0.05, 0) is 42.3 Å². The number of aliphatic hydroxyl groups is 1. The fourth-order valence-electron chi connectivity index (χ4n) is 4.56. The summed E-state index contributed by atoms with van der Waals surface area (Å²) in [6.07, 6.45) is 1.74. The van der Waals surface area contributed by atoms with E-state index >= 15 is 0 Å². The summed E-state index contributed by atoms with van der Waals surface area (Å²) in [7, 11) is 1.42. The first kappa shape index (κ1) is 22.2. The van der Waals surface area contributed by atoms with Crippen LogP contribution in [0.4, 0.5) is 0 Å². The third-order valence-corrected chi connectivity index (χ3v) is 6.18. The molecular weight excluding hydrogens is 446 g/mol. The Bertz CT molecular complexity index is 1490. The average molecular weight is 469 g/mol. The molecule has 8 heteroatoms. The number of carbonyl (C=O) groups excluding carboxylic acids is 2. The molecule has 1 amide bonds. The van der Waals surface area contributed by atoms with Gasteiger partial charge in [-0.25, -0.2) is 4.98 Å². The number of imidazole rings is 1. The molecule has 2 aromatic carbocycles. The average Bonchev–Trinajstić information content (AvgIpc) is 3.33. The first-order valence-electron chi connectivity index (χ1n) is 11.0. The fourth-order valence-corrected chi connectivity index (χ4v) is 4.56. The minimum Gasteiger partial charge on any atom is -0.505 e. The molecule has 4 aromatic rings. The molecule has 35 heavy (non-hydrogen) atoms. The maximum atomic E-state index is 13.4. The number of methoxy groups -OCH3 is 1. The third kappa shape index (κ3) is 3.69. The van der Waals surface area contributed by atoms with Crippen LogP contribution in [0.2, 0.25) is 0 Å². The van der Waals surface area contributed by atoms with Gasteiger partial charge in [0.1, 0.15) is 11.3 Å². The highest BCUT2D eigenvalue weighted by Crippen LogP contribution is 2.42. The van der Waals surface area contributed by atoms with E-state index in [1.807, 2.05) is 36.4 Å². The van der Waals surface area contributed by atoms with E-state index in [1.54, 1.807) is 41.8 Å². The molecule has 1 fully saturated rings. The molecule has 0 spiro atoms. The van der Waals surface area contributed by atoms with Gasteiger partial charge in [-0.1, -0.05) is 42.5 Å². The Kier molecular flexibility index (Phi) is 5.49. The number of Topliss-reactive ketones (excluding diaryl/α,β-unsaturated/α-hetero) is 1. The van der Waals surface area contributed by atoms with Gasteiger partial charge in [0, 0.05) is 12.7 Å². The second-order valence-electron chi connectivity index (χ2n) is 8.32. The van der Waals surface area contributed by atoms with Gasteiger partial charge >= 0.3 is 0 Å². The number of carbonyl (C=O) groups is 2. The first-order valence-corrected chi connectivity index (χ1v) is 11.0. The summed E-state index contributed by atoms with van der Waals surface area (Å²) in [4.78, 5) is 32.6. The van der Waals surface area contributed by atoms with Gasteiger partial charge in [-0.2, -0.15) is 0 Å². The molecule has 0 aliphatic carbocycles. The van der Waals surface area contributed by atoms with E-state index in [0.29, 0.717) is 22.6 Å². The van der Waals surface area contributed by atoms with Crippen molar-refractivity contribution in [3.8, 4) is 11.5 Å². The predicted octanol–water partition coefficient (Wildman–Crippen LogP) is 3.98. The summed E-state index contributed by atoms with van der Waals surface area (Å²) in [5, 5.41) is 21.6. The molecule has 1 unspecified atom stereocenters. The van der Waals surface area contributed by atoms with Crippen molar-refractivity contribution >= 4 is 23.1 Å². The minimum absolute atomic E-state index is 0.0487. The number of ketones is 1. The second kappa shape index (κ2) is 8.64. The maximum absolute atomic E-state index is 13.4. The van der Waals surface area contributed by atoms with Crippen LogP contribution in [-0.2, 0) is 16.1 Å². The number of hydrogen-bond acceptors (Lipinski definition) is 6. The van der Waals surface area contributed by atoms with E-state index in [-0.39, 0.29) is 29.4 Å². The maximum Gasteiger partial charge on any atom is 0.295 e. The number of phenolic OH excluding ortho intramolecular Hbond substituents is 1. The quantitative estimate of drug-likeness (QED) is 0.260. The molecule has 176 valence electrons. The summed E-state index contributed by atoms with van der Waals surface area (Å²) in [6, 6.07) is 18.4. The van der Waals surface area contributed by atoms with Crippen LogP contribution in [0.1, 0.15) is 28.6 Å². The van der Waals surface area contributed by atoms with Gasteiger partial charge in [-0.15, -0.1) is 0 Å². The molecule has 1 aliphatic heterocycles. The van der Waals surface area contributed by atoms with Gasteiger partial charge in [-0.3, -0.25) is 14.0 Å². The molecular formula is C27H23N3O5. The number of aryl methyl sites for hydroxylation is 1. The van der Waals surface area contributed by atoms with Crippen LogP contribution in [0.15, 0.2) is 78.5 Å². The molecule has 0 radical (unpaired) electrons. The lowest BCUT2D eigenvalue weighted by atomic mass is 9.95. The number of amides is 1. The molecule has 1 saturated heterocycles. The van der Waals surface area contributed by atoms with Gasteiger partial charge in [0.25, 0.3) is 11.7 Å². The van der Waals surface area contributed by atoms with E-state index < -0.39 is 17.7 Å². The largest absolute Gasteiger partial charge is 0.505 e. The second-order valence-corrected chi connectivity index (χ2v) is 8.32. The molecule has 1 aliphatic rings. The van der Waals surface area contributed by atoms with Crippen LogP contribution < -0.4 is 4.74 Å². The Morgan fingerprint density at radius 2 is 1.80 bits per heavy atom. The number of phenols is 1. The topological polar surface area (TPSA) is 104 Å². The first-order chi connectivity index (χ1) is 16.9. The lowest BCUT2D eigenvalue weighted by Gasteiger charge is -2.26. The van der Waals surface area contributed by atoms with Crippen molar-refractivity contribution in [1.82, 2.24) is 14.3 Å². The zero-order valence-corrected chi connectivity index (χ0v) is 19.2. The number of benzene rings is 2. The van der Waals surface area contributed by atoms with Crippen LogP contribution >= 0.6 is 0 Å². The molecule has 0 saturated carbocycles. The van der Waals surface area contributed by atoms with E-state index in [2.05, 4.69) is 4.98 Å². The van der Waals surface area contributed by atoms with Gasteiger partial charge in [0.2, 0.25) is 0 Å². The summed E-state index contributed by atoms with van der Waals surface area (Å²) in [5.41, 5.74) is 2.76. The summed E-state index contributed by atoms with van der Waals surface area (Å²) >= 11 is 0. The molecule has 5 rings (SSSR count). The number of aromatic hydroxyl groups is 1. The molecule has 8 nitrogen and oxygen atoms in total. The number of rotatable bonds is 5. The molecule has 0 bridgehead atoms. The summed E-state index contributed by atoms with van der Waals surface area (Å²) < 4.78 is 6.95. The number of fused-ring (bicyclic) bond motifs is 1. The minimum atomic E-state index is -0.904. The van der Waals surface area contributed by atoms with Gasteiger partial charge in [0.05, 0.1) is 24.4 Å². The van der Waals surface area contributed by atoms with Crippen molar-refractivity contribution in [2.24, 2.45) is 0 Å². The van der Waals surface area contributed by atoms with Crippen LogP contribution in [0, 0.1) is 6.92 Å². The number of aromatic nitrogens is 2. The highest BCUT2D eigenvalue weighted by molar-refractivity contribution is 6.46. The Labute approximate surface area is 201 Å². The molecule has 2 aromatic heterocycles. The van der Waals surface area contributed by atoms with Crippen molar-refractivity contribution in [3.63, 3.8) is 0 Å². The van der Waals surface area contributed by atoms with Gasteiger partial charge < -0.3 is 19.8 Å². The number of hydrogen-bond donors (Lipinski definition) is 2. The Morgan fingerprint density at radius 1 is 1.06 bits per heavy atom. The number of likely N-dealkylation sites (tertiary alicyclic amines) is 1. The Hall–Kier alpha value is -4.59. The lowest BCUT2D eigenvalue weighted by molar-refractivity contribution is -0.140. The highest BCUT2D eigenvalue weighted by Gasteiger charge is 2.46. The van der Waals surface area contributed by atoms with Crippen LogP contribution in [0.5, 0.6) is 11.5 Å². The van der Waals surface area contributed by atoms with Crippen molar-refractivity contribution < 1.29 is 24.5 Å². The number of nitrogens with zero attached hydrogens (tertiary/aromatic N) is 3. The van der Waals surface area contributed by atoms with E-state index in [9.17, 15) is 19.8 Å². The smallest absolute Gasteiger partial charge is 0.295 e. The zero-order valence-electron chi connectivity index (χ0n) is 19.2. The van der Waals surface area contributed by atoms with Crippen molar-refractivity contribution in [2.45, 2.75) is 19.5 Å². The standard InChI is InChI=1S/C27H23N3O5/c1-16-23(29-13-7-6-10-21(29)28-16)25(32)22-24(18-11-12-19(31)20(14-18)35-2)30(27(34)26(22)33)15-17-8-4-3-5-9-17/h3-14,24,31-32H,15H2,1-2H3. The number of ether oxygens (including phenoxy) is 1. The zero-order chi connectivity index (χ0) is 24.7. The van der Waals surface area contributed by atoms with Crippen LogP contribution in [-0.4, -0.2) is 43.3 Å². The fraction of sp³-hybridized carbons (Fsp3) is 0.148. The highest BCUT2D eigenvalue weighted by atomic mass is 16.5.